The molecule has 1 fully saturated rings. The summed E-state index contributed by atoms with van der Waals surface area (Å²) in [4.78, 5) is 27.0. The number of hydrogen-bond acceptors (Lipinski definition) is 2. The van der Waals surface area contributed by atoms with Crippen LogP contribution >= 0.6 is 0 Å². The van der Waals surface area contributed by atoms with E-state index in [0.29, 0.717) is 0 Å². The highest BCUT2D eigenvalue weighted by atomic mass is 16.2. The molecule has 2 aromatic rings. The van der Waals surface area contributed by atoms with Crippen molar-refractivity contribution < 1.29 is 9.59 Å². The van der Waals surface area contributed by atoms with Crippen molar-refractivity contribution in [3.8, 4) is 0 Å². The van der Waals surface area contributed by atoms with Gasteiger partial charge in [0.1, 0.15) is 6.54 Å². The van der Waals surface area contributed by atoms with Crippen LogP contribution in [0.5, 0.6) is 0 Å². The molecule has 0 unspecified atom stereocenters. The highest BCUT2D eigenvalue weighted by molar-refractivity contribution is 5.97. The molecule has 0 radical (unpaired) electrons. The first kappa shape index (κ1) is 14.9. The van der Waals surface area contributed by atoms with E-state index < -0.39 is 0 Å². The Labute approximate surface area is 141 Å². The van der Waals surface area contributed by atoms with Gasteiger partial charge in [0.15, 0.2) is 0 Å². The second kappa shape index (κ2) is 5.78. The third kappa shape index (κ3) is 2.68. The van der Waals surface area contributed by atoms with Crippen LogP contribution in [-0.4, -0.2) is 23.3 Å². The number of nitrogens with one attached hydrogen (secondary N) is 1. The van der Waals surface area contributed by atoms with Crippen LogP contribution in [0.2, 0.25) is 0 Å². The van der Waals surface area contributed by atoms with Gasteiger partial charge in [0, 0.05) is 17.2 Å². The molecular formula is C20H20N2O2. The largest absolute Gasteiger partial charge is 0.324 e. The molecule has 0 saturated heterocycles. The third-order valence-corrected chi connectivity index (χ3v) is 4.73. The molecule has 1 heterocycles. The number of carbonyl (C=O) groups is 2. The lowest BCUT2D eigenvalue weighted by Gasteiger charge is -2.31. The lowest BCUT2D eigenvalue weighted by molar-refractivity contribution is -0.137. The fourth-order valence-electron chi connectivity index (χ4n) is 3.39. The van der Waals surface area contributed by atoms with Gasteiger partial charge in [0.2, 0.25) is 11.8 Å². The van der Waals surface area contributed by atoms with E-state index in [0.717, 1.165) is 35.2 Å². The quantitative estimate of drug-likeness (QED) is 0.923. The van der Waals surface area contributed by atoms with Gasteiger partial charge in [0.25, 0.3) is 0 Å². The van der Waals surface area contributed by atoms with Gasteiger partial charge in [-0.15, -0.1) is 0 Å². The predicted molar refractivity (Wildman–Crippen MR) is 92.5 cm³/mol. The summed E-state index contributed by atoms with van der Waals surface area (Å²) in [6.45, 7) is 2.13. The topological polar surface area (TPSA) is 49.4 Å². The maximum Gasteiger partial charge on any atom is 0.244 e. The maximum atomic E-state index is 12.9. The zero-order valence-electron chi connectivity index (χ0n) is 13.7. The molecule has 2 aromatic carbocycles. The summed E-state index contributed by atoms with van der Waals surface area (Å²) < 4.78 is 0. The standard InChI is InChI=1S/C20H20N2O2/c1-13-7-10-17-16(11-13)19(14-5-3-2-4-6-14)22(12-18(23)21-17)20(24)15-8-9-15/h2-7,10-11,15,19H,8-9,12H2,1H3,(H,21,23)/t19-/m0/s1. The van der Waals surface area contributed by atoms with E-state index in [9.17, 15) is 9.59 Å². The number of amides is 2. The van der Waals surface area contributed by atoms with Crippen molar-refractivity contribution in [2.45, 2.75) is 25.8 Å². The van der Waals surface area contributed by atoms with Crippen LogP contribution in [0.25, 0.3) is 0 Å². The number of anilines is 1. The number of aryl methyl sites for hydroxylation is 1. The van der Waals surface area contributed by atoms with E-state index in [2.05, 4.69) is 11.4 Å². The minimum atomic E-state index is -0.229. The molecule has 0 spiro atoms. The minimum absolute atomic E-state index is 0.0790. The molecule has 1 atom stereocenters. The Hall–Kier alpha value is -2.62. The minimum Gasteiger partial charge on any atom is -0.324 e. The highest BCUT2D eigenvalue weighted by Crippen LogP contribution is 2.40. The zero-order chi connectivity index (χ0) is 16.7. The monoisotopic (exact) mass is 320 g/mol. The second-order valence-corrected chi connectivity index (χ2v) is 6.69. The summed E-state index contributed by atoms with van der Waals surface area (Å²) in [5, 5.41) is 2.96. The molecule has 0 aromatic heterocycles. The highest BCUT2D eigenvalue weighted by Gasteiger charge is 2.40. The molecule has 1 aliphatic heterocycles. The summed E-state index contributed by atoms with van der Waals surface area (Å²) in [5.41, 5.74) is 3.94. The summed E-state index contributed by atoms with van der Waals surface area (Å²) in [5.74, 6) is 0.0382. The van der Waals surface area contributed by atoms with E-state index in [1.165, 1.54) is 0 Å². The molecule has 122 valence electrons. The molecule has 0 bridgehead atoms. The number of nitrogens with zero attached hydrogens (tertiary/aromatic N) is 1. The number of carbonyl (C=O) groups excluding carboxylic acids is 2. The first-order valence-corrected chi connectivity index (χ1v) is 8.39. The number of hydrogen-bond donors (Lipinski definition) is 1. The average Bonchev–Trinajstić information content (AvgIpc) is 3.42. The van der Waals surface area contributed by atoms with Crippen molar-refractivity contribution in [2.75, 3.05) is 11.9 Å². The van der Waals surface area contributed by atoms with Crippen LogP contribution in [0.3, 0.4) is 0 Å². The van der Waals surface area contributed by atoms with Crippen LogP contribution in [0, 0.1) is 12.8 Å². The molecule has 1 saturated carbocycles. The Bertz CT molecular complexity index is 797. The maximum absolute atomic E-state index is 12.9. The summed E-state index contributed by atoms with van der Waals surface area (Å²) >= 11 is 0. The van der Waals surface area contributed by atoms with E-state index in [4.69, 9.17) is 0 Å². The van der Waals surface area contributed by atoms with Gasteiger partial charge in [-0.3, -0.25) is 9.59 Å². The normalized spacial score (nSPS) is 20.1. The molecule has 1 N–H and O–H groups in total. The van der Waals surface area contributed by atoms with E-state index in [-0.39, 0.29) is 30.3 Å². The van der Waals surface area contributed by atoms with Crippen molar-refractivity contribution >= 4 is 17.5 Å². The first-order valence-electron chi connectivity index (χ1n) is 8.39. The lowest BCUT2D eigenvalue weighted by Crippen LogP contribution is -2.39. The fourth-order valence-corrected chi connectivity index (χ4v) is 3.39. The number of rotatable bonds is 2. The van der Waals surface area contributed by atoms with Crippen molar-refractivity contribution in [2.24, 2.45) is 5.92 Å². The van der Waals surface area contributed by atoms with Crippen LogP contribution in [-0.2, 0) is 9.59 Å². The Morgan fingerprint density at radius 2 is 1.88 bits per heavy atom. The smallest absolute Gasteiger partial charge is 0.244 e. The number of benzene rings is 2. The van der Waals surface area contributed by atoms with Gasteiger partial charge in [-0.05, 0) is 31.4 Å². The van der Waals surface area contributed by atoms with Crippen molar-refractivity contribution in [3.05, 3.63) is 65.2 Å². The second-order valence-electron chi connectivity index (χ2n) is 6.69. The summed E-state index contributed by atoms with van der Waals surface area (Å²) in [7, 11) is 0. The van der Waals surface area contributed by atoms with Crippen LogP contribution in [0.4, 0.5) is 5.69 Å². The van der Waals surface area contributed by atoms with Gasteiger partial charge in [-0.2, -0.15) is 0 Å². The third-order valence-electron chi connectivity index (χ3n) is 4.73. The Morgan fingerprint density at radius 3 is 2.58 bits per heavy atom. The Morgan fingerprint density at radius 1 is 1.12 bits per heavy atom. The molecule has 2 aliphatic rings. The van der Waals surface area contributed by atoms with E-state index in [1.807, 2.05) is 49.4 Å². The Balaban J connectivity index is 1.88. The van der Waals surface area contributed by atoms with Gasteiger partial charge in [-0.1, -0.05) is 48.0 Å². The predicted octanol–water partition coefficient (Wildman–Crippen LogP) is 3.28. The zero-order valence-corrected chi connectivity index (χ0v) is 13.7. The number of fused-ring (bicyclic) bond motifs is 1. The summed E-state index contributed by atoms with van der Waals surface area (Å²) in [6.07, 6.45) is 1.86. The van der Waals surface area contributed by atoms with Gasteiger partial charge >= 0.3 is 0 Å². The van der Waals surface area contributed by atoms with Gasteiger partial charge in [0.05, 0.1) is 6.04 Å². The Kier molecular flexibility index (Phi) is 3.60. The van der Waals surface area contributed by atoms with Gasteiger partial charge in [-0.25, -0.2) is 0 Å². The average molecular weight is 320 g/mol. The molecule has 4 rings (SSSR count). The lowest BCUT2D eigenvalue weighted by atomic mass is 9.94. The van der Waals surface area contributed by atoms with Gasteiger partial charge < -0.3 is 10.2 Å². The van der Waals surface area contributed by atoms with Crippen LogP contribution in [0.15, 0.2) is 48.5 Å². The van der Waals surface area contributed by atoms with E-state index in [1.54, 1.807) is 4.90 Å². The van der Waals surface area contributed by atoms with Crippen molar-refractivity contribution in [1.82, 2.24) is 4.90 Å². The molecule has 4 nitrogen and oxygen atoms in total. The van der Waals surface area contributed by atoms with Crippen molar-refractivity contribution in [3.63, 3.8) is 0 Å². The van der Waals surface area contributed by atoms with Crippen LogP contribution < -0.4 is 5.32 Å². The fraction of sp³-hybridized carbons (Fsp3) is 0.300. The molecule has 24 heavy (non-hydrogen) atoms. The molecule has 4 heteroatoms. The SMILES string of the molecule is Cc1ccc2c(c1)[C@H](c1ccccc1)N(C(=O)C1CC1)CC(=O)N2. The first-order chi connectivity index (χ1) is 11.6. The summed E-state index contributed by atoms with van der Waals surface area (Å²) in [6, 6.07) is 15.7. The molecule has 1 aliphatic carbocycles. The molecular weight excluding hydrogens is 300 g/mol. The van der Waals surface area contributed by atoms with E-state index >= 15 is 0 Å². The van der Waals surface area contributed by atoms with Crippen LogP contribution in [0.1, 0.15) is 35.6 Å². The van der Waals surface area contributed by atoms with Crippen molar-refractivity contribution in [1.29, 1.82) is 0 Å². The molecule has 2 amide bonds.